The van der Waals surface area contributed by atoms with Gasteiger partial charge in [-0.25, -0.2) is 9.07 Å². The number of H-pyrrole nitrogens is 1. The Balaban J connectivity index is 1.67. The zero-order valence-electron chi connectivity index (χ0n) is 20.1. The van der Waals surface area contributed by atoms with E-state index in [2.05, 4.69) is 32.3 Å². The lowest BCUT2D eigenvalue weighted by atomic mass is 10.1. The van der Waals surface area contributed by atoms with Gasteiger partial charge in [-0.15, -0.1) is 5.10 Å². The number of aliphatic hydroxyl groups excluding tert-OH is 1. The molecule has 9 heteroatoms. The fraction of sp³-hybridized carbons (Fsp3) is 0.385. The molecule has 0 spiro atoms. The molecule has 0 aliphatic heterocycles. The van der Waals surface area contributed by atoms with Crippen LogP contribution in [0.1, 0.15) is 54.7 Å². The Morgan fingerprint density at radius 3 is 2.74 bits per heavy atom. The van der Waals surface area contributed by atoms with Crippen molar-refractivity contribution in [2.45, 2.75) is 52.2 Å². The summed E-state index contributed by atoms with van der Waals surface area (Å²) in [6.45, 7) is 5.50. The molecule has 4 rings (SSSR count). The smallest absolute Gasteiger partial charge is 0.252 e. The number of pyridine rings is 1. The largest absolute Gasteiger partial charge is 0.396 e. The van der Waals surface area contributed by atoms with Gasteiger partial charge in [0.05, 0.1) is 18.1 Å². The van der Waals surface area contributed by atoms with Crippen LogP contribution in [0, 0.1) is 12.7 Å². The molecule has 2 aromatic heterocycles. The van der Waals surface area contributed by atoms with Crippen LogP contribution in [-0.2, 0) is 13.1 Å². The highest BCUT2D eigenvalue weighted by Gasteiger charge is 2.26. The Morgan fingerprint density at radius 2 is 2.00 bits per heavy atom. The van der Waals surface area contributed by atoms with Gasteiger partial charge in [0.2, 0.25) is 0 Å². The summed E-state index contributed by atoms with van der Waals surface area (Å²) in [6, 6.07) is 14.0. The van der Waals surface area contributed by atoms with E-state index in [9.17, 15) is 14.3 Å². The first-order chi connectivity index (χ1) is 17.0. The molecule has 0 radical (unpaired) electrons. The molecule has 0 bridgehead atoms. The standard InChI is InChI=1S/C26H31FN6O2/c1-3-6-23(25-29-30-31-33(25)16-19-9-11-22(27)12-10-19)32(13-5-14-34)17-21-15-20-8-4-7-18(2)24(20)28-26(21)35/h4,7-12,15,23,34H,3,5-6,13-14,16-17H2,1-2H3,(H,28,35)/t23-/m1/s1. The summed E-state index contributed by atoms with van der Waals surface area (Å²) in [7, 11) is 0. The van der Waals surface area contributed by atoms with Crippen molar-refractivity contribution in [2.24, 2.45) is 0 Å². The van der Waals surface area contributed by atoms with Crippen LogP contribution in [0.25, 0.3) is 10.9 Å². The second kappa shape index (κ2) is 11.3. The first-order valence-corrected chi connectivity index (χ1v) is 12.0. The highest BCUT2D eigenvalue weighted by molar-refractivity contribution is 5.81. The molecule has 2 heterocycles. The molecule has 0 saturated carbocycles. The number of hydrogen-bond acceptors (Lipinski definition) is 6. The molecule has 0 fully saturated rings. The topological polar surface area (TPSA) is 99.9 Å². The quantitative estimate of drug-likeness (QED) is 0.341. The third-order valence-electron chi connectivity index (χ3n) is 6.25. The Kier molecular flexibility index (Phi) is 7.99. The third-order valence-corrected chi connectivity index (χ3v) is 6.25. The Hall–Kier alpha value is -3.43. The minimum atomic E-state index is -0.291. The average Bonchev–Trinajstić information content (AvgIpc) is 3.30. The number of fused-ring (bicyclic) bond motifs is 1. The van der Waals surface area contributed by atoms with E-state index in [1.54, 1.807) is 16.8 Å². The van der Waals surface area contributed by atoms with Gasteiger partial charge in [-0.05, 0) is 64.9 Å². The Bertz CT molecular complexity index is 1320. The zero-order chi connectivity index (χ0) is 24.8. The van der Waals surface area contributed by atoms with Crippen LogP contribution in [0.4, 0.5) is 4.39 Å². The highest BCUT2D eigenvalue weighted by atomic mass is 19.1. The van der Waals surface area contributed by atoms with E-state index in [1.165, 1.54) is 12.1 Å². The fourth-order valence-corrected chi connectivity index (χ4v) is 4.46. The molecule has 0 saturated heterocycles. The van der Waals surface area contributed by atoms with Crippen LogP contribution in [-0.4, -0.2) is 48.3 Å². The number of para-hydroxylation sites is 1. The van der Waals surface area contributed by atoms with E-state index in [0.29, 0.717) is 37.4 Å². The summed E-state index contributed by atoms with van der Waals surface area (Å²) in [4.78, 5) is 18.2. The summed E-state index contributed by atoms with van der Waals surface area (Å²) in [5.74, 6) is 0.391. The summed E-state index contributed by atoms with van der Waals surface area (Å²) in [5.41, 5.74) is 3.28. The van der Waals surface area contributed by atoms with Gasteiger partial charge in [0.1, 0.15) is 5.82 Å². The first kappa shape index (κ1) is 24.7. The van der Waals surface area contributed by atoms with E-state index < -0.39 is 0 Å². The summed E-state index contributed by atoms with van der Waals surface area (Å²) in [5, 5.41) is 23.0. The molecule has 0 unspecified atom stereocenters. The normalized spacial score (nSPS) is 12.5. The van der Waals surface area contributed by atoms with Gasteiger partial charge in [-0.3, -0.25) is 9.69 Å². The summed E-state index contributed by atoms with van der Waals surface area (Å²) in [6.07, 6.45) is 2.22. The molecule has 35 heavy (non-hydrogen) atoms. The number of aryl methyl sites for hydroxylation is 1. The number of aromatic amines is 1. The van der Waals surface area contributed by atoms with E-state index >= 15 is 0 Å². The number of aliphatic hydroxyl groups is 1. The van der Waals surface area contributed by atoms with Crippen molar-refractivity contribution < 1.29 is 9.50 Å². The van der Waals surface area contributed by atoms with Crippen LogP contribution in [0.2, 0.25) is 0 Å². The molecule has 4 aromatic rings. The minimum absolute atomic E-state index is 0.0448. The minimum Gasteiger partial charge on any atom is -0.396 e. The van der Waals surface area contributed by atoms with E-state index in [1.807, 2.05) is 31.2 Å². The van der Waals surface area contributed by atoms with Crippen molar-refractivity contribution in [1.29, 1.82) is 0 Å². The predicted octanol–water partition coefficient (Wildman–Crippen LogP) is 3.74. The lowest BCUT2D eigenvalue weighted by Gasteiger charge is -2.30. The molecule has 0 aliphatic rings. The maximum Gasteiger partial charge on any atom is 0.252 e. The molecule has 2 N–H and O–H groups in total. The maximum atomic E-state index is 13.4. The monoisotopic (exact) mass is 478 g/mol. The first-order valence-electron chi connectivity index (χ1n) is 12.0. The van der Waals surface area contributed by atoms with Gasteiger partial charge < -0.3 is 10.1 Å². The van der Waals surface area contributed by atoms with Gasteiger partial charge in [-0.2, -0.15) is 0 Å². The predicted molar refractivity (Wildman–Crippen MR) is 132 cm³/mol. The van der Waals surface area contributed by atoms with E-state index in [0.717, 1.165) is 34.9 Å². The van der Waals surface area contributed by atoms with Crippen molar-refractivity contribution in [3.8, 4) is 0 Å². The van der Waals surface area contributed by atoms with Gasteiger partial charge in [0.25, 0.3) is 5.56 Å². The number of benzene rings is 2. The summed E-state index contributed by atoms with van der Waals surface area (Å²) < 4.78 is 15.1. The maximum absolute atomic E-state index is 13.4. The molecule has 0 aliphatic carbocycles. The molecule has 1 atom stereocenters. The number of tetrazole rings is 1. The van der Waals surface area contributed by atoms with Crippen LogP contribution < -0.4 is 5.56 Å². The van der Waals surface area contributed by atoms with Crippen molar-refractivity contribution in [2.75, 3.05) is 13.2 Å². The highest BCUT2D eigenvalue weighted by Crippen LogP contribution is 2.27. The number of hydrogen-bond donors (Lipinski definition) is 2. The molecule has 0 amide bonds. The SMILES string of the molecule is CCC[C@H](c1nnnn1Cc1ccc(F)cc1)N(CCCO)Cc1cc2cccc(C)c2[nH]c1=O. The van der Waals surface area contributed by atoms with Crippen LogP contribution in [0.15, 0.2) is 53.3 Å². The van der Waals surface area contributed by atoms with Gasteiger partial charge >= 0.3 is 0 Å². The summed E-state index contributed by atoms with van der Waals surface area (Å²) >= 11 is 0. The molecule has 184 valence electrons. The number of nitrogens with zero attached hydrogens (tertiary/aromatic N) is 5. The van der Waals surface area contributed by atoms with Crippen LogP contribution >= 0.6 is 0 Å². The van der Waals surface area contributed by atoms with Crippen molar-refractivity contribution in [1.82, 2.24) is 30.1 Å². The van der Waals surface area contributed by atoms with Gasteiger partial charge in [0.15, 0.2) is 5.82 Å². The lowest BCUT2D eigenvalue weighted by Crippen LogP contribution is -2.34. The Morgan fingerprint density at radius 1 is 1.20 bits per heavy atom. The van der Waals surface area contributed by atoms with Gasteiger partial charge in [0, 0.05) is 25.3 Å². The van der Waals surface area contributed by atoms with Crippen molar-refractivity contribution >= 4 is 10.9 Å². The molecule has 8 nitrogen and oxygen atoms in total. The second-order valence-electron chi connectivity index (χ2n) is 8.84. The van der Waals surface area contributed by atoms with Gasteiger partial charge in [-0.1, -0.05) is 43.7 Å². The third kappa shape index (κ3) is 5.80. The van der Waals surface area contributed by atoms with Crippen LogP contribution in [0.5, 0.6) is 0 Å². The Labute approximate surface area is 203 Å². The lowest BCUT2D eigenvalue weighted by molar-refractivity contribution is 0.148. The number of halogens is 1. The van der Waals surface area contributed by atoms with Crippen molar-refractivity contribution in [3.63, 3.8) is 0 Å². The number of rotatable bonds is 11. The fourth-order valence-electron chi connectivity index (χ4n) is 4.46. The van der Waals surface area contributed by atoms with E-state index in [4.69, 9.17) is 0 Å². The second-order valence-corrected chi connectivity index (χ2v) is 8.84. The molecular formula is C26H31FN6O2. The van der Waals surface area contributed by atoms with E-state index in [-0.39, 0.29) is 24.0 Å². The zero-order valence-corrected chi connectivity index (χ0v) is 20.1. The molecular weight excluding hydrogens is 447 g/mol. The van der Waals surface area contributed by atoms with Crippen molar-refractivity contribution in [3.05, 3.63) is 87.2 Å². The number of aromatic nitrogens is 5. The number of nitrogens with one attached hydrogen (secondary N) is 1. The average molecular weight is 479 g/mol. The molecule has 2 aromatic carbocycles. The van der Waals surface area contributed by atoms with Crippen LogP contribution in [0.3, 0.4) is 0 Å².